The quantitative estimate of drug-likeness (QED) is 0.305. The van der Waals surface area contributed by atoms with Crippen molar-refractivity contribution < 1.29 is 22.6 Å². The first-order valence-electron chi connectivity index (χ1n) is 9.46. The molecular weight excluding hydrogens is 421 g/mol. The van der Waals surface area contributed by atoms with Crippen molar-refractivity contribution in [2.45, 2.75) is 19.4 Å². The van der Waals surface area contributed by atoms with Gasteiger partial charge in [-0.3, -0.25) is 10.8 Å². The van der Waals surface area contributed by atoms with Crippen LogP contribution >= 0.6 is 0 Å². The maximum Gasteiger partial charge on any atom is 0.416 e. The van der Waals surface area contributed by atoms with Crippen molar-refractivity contribution in [3.63, 3.8) is 0 Å². The number of nitrogens with two attached hydrogens (primary N) is 2. The number of ether oxygens (including phenoxy) is 2. The van der Waals surface area contributed by atoms with Crippen LogP contribution in [0.15, 0.2) is 66.7 Å². The van der Waals surface area contributed by atoms with E-state index in [4.69, 9.17) is 31.8 Å². The monoisotopic (exact) mass is 442 g/mol. The zero-order chi connectivity index (χ0) is 23.3. The van der Waals surface area contributed by atoms with E-state index in [1.54, 1.807) is 48.5 Å². The zero-order valence-corrected chi connectivity index (χ0v) is 16.9. The second-order valence-electron chi connectivity index (χ2n) is 6.99. The largest absolute Gasteiger partial charge is 0.489 e. The summed E-state index contributed by atoms with van der Waals surface area (Å²) < 4.78 is 51.1. The molecule has 0 bridgehead atoms. The molecule has 6 nitrogen and oxygen atoms in total. The van der Waals surface area contributed by atoms with Gasteiger partial charge in [0.05, 0.1) is 5.56 Å². The fraction of sp³-hybridized carbons (Fsp3) is 0.130. The lowest BCUT2D eigenvalue weighted by atomic mass is 10.1. The smallest absolute Gasteiger partial charge is 0.416 e. The number of nitrogens with one attached hydrogen (secondary N) is 2. The average molecular weight is 442 g/mol. The van der Waals surface area contributed by atoms with Gasteiger partial charge in [0.15, 0.2) is 0 Å². The Balaban J connectivity index is 1.74. The number of hydrogen-bond donors (Lipinski definition) is 4. The third-order valence-electron chi connectivity index (χ3n) is 4.55. The topological polar surface area (TPSA) is 118 Å². The molecule has 0 atom stereocenters. The lowest BCUT2D eigenvalue weighted by Gasteiger charge is -2.14. The normalized spacial score (nSPS) is 11.1. The molecule has 0 aromatic heterocycles. The maximum absolute atomic E-state index is 13.3. The Labute approximate surface area is 182 Å². The van der Waals surface area contributed by atoms with Gasteiger partial charge < -0.3 is 20.9 Å². The highest BCUT2D eigenvalue weighted by Crippen LogP contribution is 2.35. The Hall–Kier alpha value is -4.01. The van der Waals surface area contributed by atoms with Crippen molar-refractivity contribution in [1.29, 1.82) is 10.8 Å². The molecule has 0 aliphatic carbocycles. The number of nitrogen functional groups attached to an aromatic ring is 2. The van der Waals surface area contributed by atoms with E-state index in [0.29, 0.717) is 22.3 Å². The van der Waals surface area contributed by atoms with Crippen LogP contribution in [0.5, 0.6) is 11.5 Å². The van der Waals surface area contributed by atoms with Crippen molar-refractivity contribution in [2.75, 3.05) is 0 Å². The molecule has 3 rings (SSSR count). The van der Waals surface area contributed by atoms with Crippen LogP contribution in [0.4, 0.5) is 13.2 Å². The van der Waals surface area contributed by atoms with Gasteiger partial charge in [-0.15, -0.1) is 0 Å². The predicted octanol–water partition coefficient (Wildman–Crippen LogP) is 4.43. The van der Waals surface area contributed by atoms with E-state index >= 15 is 0 Å². The van der Waals surface area contributed by atoms with E-state index in [-0.39, 0.29) is 36.4 Å². The molecule has 0 saturated heterocycles. The number of amidine groups is 2. The van der Waals surface area contributed by atoms with E-state index in [1.807, 2.05) is 0 Å². The van der Waals surface area contributed by atoms with E-state index < -0.39 is 11.7 Å². The van der Waals surface area contributed by atoms with Crippen molar-refractivity contribution in [3.05, 3.63) is 94.5 Å². The van der Waals surface area contributed by atoms with Crippen LogP contribution in [-0.2, 0) is 19.4 Å². The van der Waals surface area contributed by atoms with Gasteiger partial charge in [-0.1, -0.05) is 48.5 Å². The summed E-state index contributed by atoms with van der Waals surface area (Å²) in [5, 5.41) is 14.8. The third-order valence-corrected chi connectivity index (χ3v) is 4.55. The highest BCUT2D eigenvalue weighted by molar-refractivity contribution is 5.95. The summed E-state index contributed by atoms with van der Waals surface area (Å²) in [6.45, 7) is 0.0664. The Morgan fingerprint density at radius 1 is 0.688 bits per heavy atom. The van der Waals surface area contributed by atoms with Gasteiger partial charge >= 0.3 is 6.18 Å². The second-order valence-corrected chi connectivity index (χ2v) is 6.99. The highest BCUT2D eigenvalue weighted by atomic mass is 19.4. The summed E-state index contributed by atoms with van der Waals surface area (Å²) in [5.41, 5.74) is 12.4. The number of rotatable bonds is 8. The lowest BCUT2D eigenvalue weighted by Crippen LogP contribution is -2.11. The summed E-state index contributed by atoms with van der Waals surface area (Å²) in [7, 11) is 0. The number of halogens is 3. The first-order chi connectivity index (χ1) is 15.1. The van der Waals surface area contributed by atoms with Crippen LogP contribution in [0.1, 0.15) is 27.8 Å². The standard InChI is InChI=1S/C23H21F3N4O2/c24-23(25,26)18-9-19(31-12-14-1-5-16(6-2-14)21(27)28)11-20(10-18)32-13-15-3-7-17(8-4-15)22(29)30/h1-11H,12-13H2,(H3,27,28)(H3,29,30). The zero-order valence-electron chi connectivity index (χ0n) is 16.9. The van der Waals surface area contributed by atoms with Crippen molar-refractivity contribution in [3.8, 4) is 11.5 Å². The van der Waals surface area contributed by atoms with Gasteiger partial charge in [-0.05, 0) is 23.3 Å². The van der Waals surface area contributed by atoms with Crippen LogP contribution in [0.3, 0.4) is 0 Å². The molecular formula is C23H21F3N4O2. The Bertz CT molecular complexity index is 1030. The highest BCUT2D eigenvalue weighted by Gasteiger charge is 2.31. The molecule has 0 radical (unpaired) electrons. The van der Waals surface area contributed by atoms with Gasteiger partial charge in [0.25, 0.3) is 0 Å². The van der Waals surface area contributed by atoms with Gasteiger partial charge in [0.1, 0.15) is 36.4 Å². The third kappa shape index (κ3) is 6.00. The fourth-order valence-electron chi connectivity index (χ4n) is 2.80. The van der Waals surface area contributed by atoms with Gasteiger partial charge in [-0.2, -0.15) is 13.2 Å². The maximum atomic E-state index is 13.3. The predicted molar refractivity (Wildman–Crippen MR) is 115 cm³/mol. The van der Waals surface area contributed by atoms with E-state index in [0.717, 1.165) is 12.1 Å². The minimum absolute atomic E-state index is 0.0115. The molecule has 3 aromatic carbocycles. The summed E-state index contributed by atoms with van der Waals surface area (Å²) in [6.07, 6.45) is -4.57. The fourth-order valence-corrected chi connectivity index (χ4v) is 2.80. The van der Waals surface area contributed by atoms with Crippen LogP contribution in [-0.4, -0.2) is 11.7 Å². The molecule has 0 fully saturated rings. The SMILES string of the molecule is N=C(N)c1ccc(COc2cc(OCc3ccc(C(=N)N)cc3)cc(C(F)(F)F)c2)cc1. The molecule has 0 heterocycles. The van der Waals surface area contributed by atoms with E-state index in [2.05, 4.69) is 0 Å². The Kier molecular flexibility index (Phi) is 6.67. The summed E-state index contributed by atoms with van der Waals surface area (Å²) in [6, 6.07) is 16.5. The summed E-state index contributed by atoms with van der Waals surface area (Å²) in [4.78, 5) is 0. The van der Waals surface area contributed by atoms with Crippen LogP contribution in [0, 0.1) is 10.8 Å². The molecule has 0 aliphatic rings. The molecule has 6 N–H and O–H groups in total. The molecule has 0 saturated carbocycles. The molecule has 0 amide bonds. The van der Waals surface area contributed by atoms with E-state index in [1.165, 1.54) is 6.07 Å². The van der Waals surface area contributed by atoms with Crippen molar-refractivity contribution >= 4 is 11.7 Å². The van der Waals surface area contributed by atoms with Gasteiger partial charge in [0.2, 0.25) is 0 Å². The Morgan fingerprint density at radius 3 is 1.38 bits per heavy atom. The number of alkyl halides is 3. The van der Waals surface area contributed by atoms with Gasteiger partial charge in [0, 0.05) is 17.2 Å². The van der Waals surface area contributed by atoms with Crippen LogP contribution < -0.4 is 20.9 Å². The van der Waals surface area contributed by atoms with Crippen molar-refractivity contribution in [1.82, 2.24) is 0 Å². The minimum Gasteiger partial charge on any atom is -0.489 e. The second kappa shape index (κ2) is 9.42. The summed E-state index contributed by atoms with van der Waals surface area (Å²) >= 11 is 0. The Morgan fingerprint density at radius 2 is 1.06 bits per heavy atom. The molecule has 0 aliphatic heterocycles. The van der Waals surface area contributed by atoms with Crippen molar-refractivity contribution in [2.24, 2.45) is 11.5 Å². The van der Waals surface area contributed by atoms with Gasteiger partial charge in [-0.25, -0.2) is 0 Å². The van der Waals surface area contributed by atoms with Crippen LogP contribution in [0.25, 0.3) is 0 Å². The lowest BCUT2D eigenvalue weighted by molar-refractivity contribution is -0.137. The first-order valence-corrected chi connectivity index (χ1v) is 9.46. The average Bonchev–Trinajstić information content (AvgIpc) is 2.76. The molecule has 3 aromatic rings. The minimum atomic E-state index is -4.57. The molecule has 0 unspecified atom stereocenters. The van der Waals surface area contributed by atoms with E-state index in [9.17, 15) is 13.2 Å². The molecule has 9 heteroatoms. The first kappa shape index (κ1) is 22.7. The molecule has 0 spiro atoms. The summed E-state index contributed by atoms with van der Waals surface area (Å²) in [5.74, 6) is -0.129. The number of hydrogen-bond acceptors (Lipinski definition) is 4. The molecule has 166 valence electrons. The molecule has 32 heavy (non-hydrogen) atoms. The number of benzene rings is 3. The van der Waals surface area contributed by atoms with Crippen LogP contribution in [0.2, 0.25) is 0 Å².